The largest absolute Gasteiger partial charge is 0.459 e. The van der Waals surface area contributed by atoms with Crippen LogP contribution >= 0.6 is 0 Å². The molecule has 1 aromatic heterocycles. The zero-order valence-electron chi connectivity index (χ0n) is 35.6. The number of aliphatic hydroxyl groups excluding tert-OH is 1. The summed E-state index contributed by atoms with van der Waals surface area (Å²) < 4.78 is 25.1. The topological polar surface area (TPSA) is 169 Å². The van der Waals surface area contributed by atoms with Crippen molar-refractivity contribution < 1.29 is 43.2 Å². The number of ether oxygens (including phenoxy) is 4. The number of cyclic esters (lactones) is 1. The monoisotopic (exact) mass is 795 g/mol. The summed E-state index contributed by atoms with van der Waals surface area (Å²) in [6.45, 7) is 14.6. The van der Waals surface area contributed by atoms with Crippen LogP contribution in [0.1, 0.15) is 86.6 Å². The van der Waals surface area contributed by atoms with Crippen LogP contribution < -0.4 is 10.7 Å². The molecule has 0 bridgehead atoms. The molecule has 2 amide bonds. The molecule has 316 valence electrons. The van der Waals surface area contributed by atoms with Gasteiger partial charge in [-0.3, -0.25) is 24.4 Å². The van der Waals surface area contributed by atoms with Gasteiger partial charge in [-0.2, -0.15) is 0 Å². The van der Waals surface area contributed by atoms with Gasteiger partial charge in [0.15, 0.2) is 12.1 Å². The minimum atomic E-state index is -1.26. The molecule has 5 rings (SSSR count). The van der Waals surface area contributed by atoms with Crippen LogP contribution in [0.3, 0.4) is 0 Å². The first-order valence-electron chi connectivity index (χ1n) is 20.5. The Morgan fingerprint density at radius 3 is 2.40 bits per heavy atom. The van der Waals surface area contributed by atoms with Crippen molar-refractivity contribution in [3.05, 3.63) is 42.1 Å². The number of pyridine rings is 1. The van der Waals surface area contributed by atoms with Gasteiger partial charge in [0.1, 0.15) is 23.9 Å². The van der Waals surface area contributed by atoms with Crippen LogP contribution in [0.15, 0.2) is 36.5 Å². The highest BCUT2D eigenvalue weighted by Gasteiger charge is 2.58. The van der Waals surface area contributed by atoms with Crippen LogP contribution in [-0.4, -0.2) is 125 Å². The highest BCUT2D eigenvalue weighted by atomic mass is 16.7. The third-order valence-electron chi connectivity index (χ3n) is 12.9. The quantitative estimate of drug-likeness (QED) is 0.176. The molecule has 14 heteroatoms. The van der Waals surface area contributed by atoms with Crippen LogP contribution in [0.25, 0.3) is 10.9 Å². The molecular weight excluding hydrogens is 730 g/mol. The second-order valence-corrected chi connectivity index (χ2v) is 17.2. The first kappa shape index (κ1) is 44.6. The number of carbonyl (C=O) groups excluding carboxylic acids is 4. The van der Waals surface area contributed by atoms with Crippen molar-refractivity contribution in [3.63, 3.8) is 0 Å². The van der Waals surface area contributed by atoms with Gasteiger partial charge in [0.05, 0.1) is 34.9 Å². The number of likely N-dealkylation sites (N-methyl/N-ethyl adjacent to an activating group) is 1. The predicted octanol–water partition coefficient (Wildman–Crippen LogP) is 4.45. The number of methoxy groups -OCH3 is 1. The molecule has 0 radical (unpaired) electrons. The second kappa shape index (κ2) is 18.2. The number of benzene rings is 1. The lowest BCUT2D eigenvalue weighted by Crippen LogP contribution is -2.63. The maximum Gasteiger partial charge on any atom is 0.332 e. The number of carbonyl (C=O) groups is 4. The SMILES string of the molecule is CC[C@H]1OC(=O)[C@H](C)C(=O)[C@H](C)[C@@H](O[C@@H]2O[C@H](C)C[C@H](N(C)C)[C@H]2O)[C@](C)(OC)C[C@@H](C)C(=O)[C@H](C)[C@H]2N(NCCCc3ccnc4ccccc34)C(=O)N[C@]12C. The highest BCUT2D eigenvalue weighted by molar-refractivity contribution is 6.00. The van der Waals surface area contributed by atoms with Gasteiger partial charge in [0.2, 0.25) is 0 Å². The Hall–Kier alpha value is -3.53. The molecule has 3 aliphatic heterocycles. The minimum Gasteiger partial charge on any atom is -0.459 e. The fraction of sp³-hybridized carbons (Fsp3) is 0.698. The highest BCUT2D eigenvalue weighted by Crippen LogP contribution is 2.40. The number of aryl methyl sites for hydroxylation is 1. The zero-order chi connectivity index (χ0) is 42.0. The third kappa shape index (κ3) is 9.06. The first-order valence-corrected chi connectivity index (χ1v) is 20.5. The van der Waals surface area contributed by atoms with Gasteiger partial charge >= 0.3 is 12.0 Å². The van der Waals surface area contributed by atoms with E-state index in [9.17, 15) is 24.3 Å². The predicted molar refractivity (Wildman–Crippen MR) is 215 cm³/mol. The van der Waals surface area contributed by atoms with Crippen molar-refractivity contribution in [2.24, 2.45) is 23.7 Å². The third-order valence-corrected chi connectivity index (χ3v) is 12.9. The van der Waals surface area contributed by atoms with E-state index < -0.39 is 83.2 Å². The number of amides is 2. The number of hydrogen-bond donors (Lipinski definition) is 3. The van der Waals surface area contributed by atoms with Gasteiger partial charge in [0, 0.05) is 49.0 Å². The number of nitrogens with one attached hydrogen (secondary N) is 2. The Bertz CT molecular complexity index is 1750. The Morgan fingerprint density at radius 1 is 1.04 bits per heavy atom. The van der Waals surface area contributed by atoms with Crippen molar-refractivity contribution in [1.29, 1.82) is 0 Å². The number of esters is 1. The number of aromatic nitrogens is 1. The van der Waals surface area contributed by atoms with Gasteiger partial charge in [-0.15, -0.1) is 0 Å². The average Bonchev–Trinajstić information content (AvgIpc) is 3.45. The zero-order valence-corrected chi connectivity index (χ0v) is 35.6. The molecule has 3 fully saturated rings. The number of hydrazine groups is 1. The summed E-state index contributed by atoms with van der Waals surface area (Å²) in [5.74, 6) is -4.85. The van der Waals surface area contributed by atoms with E-state index in [4.69, 9.17) is 18.9 Å². The summed E-state index contributed by atoms with van der Waals surface area (Å²) in [7, 11) is 5.25. The number of Topliss-reactive ketones (excluding diaryl/α,β-unsaturated/α-hetero) is 2. The molecule has 1 aromatic carbocycles. The normalized spacial score (nSPS) is 37.2. The van der Waals surface area contributed by atoms with E-state index in [1.165, 1.54) is 19.0 Å². The fourth-order valence-corrected chi connectivity index (χ4v) is 9.54. The smallest absolute Gasteiger partial charge is 0.332 e. The number of ketones is 2. The molecular formula is C43H65N5O9. The van der Waals surface area contributed by atoms with Crippen LogP contribution in [0.2, 0.25) is 0 Å². The van der Waals surface area contributed by atoms with Crippen LogP contribution in [-0.2, 0) is 39.8 Å². The molecule has 3 aliphatic rings. The number of aliphatic hydroxyl groups is 1. The van der Waals surface area contributed by atoms with E-state index in [0.717, 1.165) is 22.9 Å². The second-order valence-electron chi connectivity index (χ2n) is 17.2. The van der Waals surface area contributed by atoms with E-state index in [-0.39, 0.29) is 24.3 Å². The standard InChI is InChI=1S/C43H65N5O9/c1-12-33-43(8)37(48(41(53)46-43)45-20-15-16-29-19-21-44-31-18-14-13-17-30(29)31)26(4)34(49)24(2)23-42(7,54-11)38(27(5)35(50)28(6)39(52)56-33)57-40-36(51)32(47(9)10)22-25(3)55-40/h13-14,17-19,21,24-28,32-33,36-38,40,45,51H,12,15-16,20,22-23H2,1-11H3,(H,46,53)/t24-,25-,26+,27+,28-,32+,33-,36-,37-,38-,40+,42-,43-/m1/s1. The van der Waals surface area contributed by atoms with Crippen molar-refractivity contribution in [2.75, 3.05) is 27.7 Å². The lowest BCUT2D eigenvalue weighted by molar-refractivity contribution is -0.295. The summed E-state index contributed by atoms with van der Waals surface area (Å²) in [4.78, 5) is 63.3. The number of nitrogens with zero attached hydrogens (tertiary/aromatic N) is 3. The number of para-hydroxylation sites is 1. The Morgan fingerprint density at radius 2 is 1.74 bits per heavy atom. The molecule has 13 atom stereocenters. The van der Waals surface area contributed by atoms with E-state index in [1.54, 1.807) is 27.0 Å². The summed E-state index contributed by atoms with van der Waals surface area (Å²) in [5.41, 5.74) is 2.92. The number of rotatable bonds is 10. The molecule has 3 N–H and O–H groups in total. The number of hydrogen-bond acceptors (Lipinski definition) is 12. The maximum absolute atomic E-state index is 14.7. The van der Waals surface area contributed by atoms with Gasteiger partial charge in [0.25, 0.3) is 0 Å². The van der Waals surface area contributed by atoms with Crippen molar-refractivity contribution >= 4 is 34.5 Å². The van der Waals surface area contributed by atoms with E-state index >= 15 is 0 Å². The fourth-order valence-electron chi connectivity index (χ4n) is 9.54. The molecule has 0 unspecified atom stereocenters. The Kier molecular flexibility index (Phi) is 14.2. The minimum absolute atomic E-state index is 0.137. The summed E-state index contributed by atoms with van der Waals surface area (Å²) in [6.07, 6.45) is -0.0926. The summed E-state index contributed by atoms with van der Waals surface area (Å²) >= 11 is 0. The lowest BCUT2D eigenvalue weighted by Gasteiger charge is -2.47. The molecule has 0 saturated carbocycles. The van der Waals surface area contributed by atoms with Gasteiger partial charge in [-0.25, -0.2) is 10.2 Å². The summed E-state index contributed by atoms with van der Waals surface area (Å²) in [6, 6.07) is 8.49. The Balaban J connectivity index is 1.47. The van der Waals surface area contributed by atoms with Crippen LogP contribution in [0.4, 0.5) is 4.79 Å². The molecule has 0 aliphatic carbocycles. The lowest BCUT2D eigenvalue weighted by atomic mass is 9.72. The van der Waals surface area contributed by atoms with Crippen molar-refractivity contribution in [2.45, 2.75) is 141 Å². The van der Waals surface area contributed by atoms with Gasteiger partial charge in [-0.05, 0) is 91.6 Å². The number of fused-ring (bicyclic) bond motifs is 2. The van der Waals surface area contributed by atoms with Gasteiger partial charge < -0.3 is 34.3 Å². The van der Waals surface area contributed by atoms with Gasteiger partial charge in [-0.1, -0.05) is 45.9 Å². The van der Waals surface area contributed by atoms with E-state index in [0.29, 0.717) is 25.8 Å². The summed E-state index contributed by atoms with van der Waals surface area (Å²) in [5, 5.41) is 17.1. The molecule has 3 saturated heterocycles. The molecule has 2 aromatic rings. The van der Waals surface area contributed by atoms with Crippen LogP contribution in [0.5, 0.6) is 0 Å². The van der Waals surface area contributed by atoms with Crippen molar-refractivity contribution in [1.82, 2.24) is 25.6 Å². The molecule has 57 heavy (non-hydrogen) atoms. The Labute approximate surface area is 337 Å². The number of urea groups is 1. The van der Waals surface area contributed by atoms with E-state index in [1.807, 2.05) is 77.0 Å². The van der Waals surface area contributed by atoms with Crippen molar-refractivity contribution in [3.8, 4) is 0 Å². The van der Waals surface area contributed by atoms with E-state index in [2.05, 4.69) is 15.7 Å². The molecule has 0 spiro atoms. The van der Waals surface area contributed by atoms with Crippen LogP contribution in [0, 0.1) is 23.7 Å². The first-order chi connectivity index (χ1) is 26.9. The average molecular weight is 796 g/mol. The molecule has 4 heterocycles. The molecule has 14 nitrogen and oxygen atoms in total. The maximum atomic E-state index is 14.7.